The Kier molecular flexibility index (Phi) is 4.92. The van der Waals surface area contributed by atoms with Gasteiger partial charge < -0.3 is 5.32 Å². The largest absolute Gasteiger partial charge is 0.300 e. The summed E-state index contributed by atoms with van der Waals surface area (Å²) in [5.41, 5.74) is 1.91. The Bertz CT molecular complexity index is 1250. The van der Waals surface area contributed by atoms with Crippen molar-refractivity contribution in [2.45, 2.75) is 6.92 Å². The van der Waals surface area contributed by atoms with Crippen LogP contribution in [0.3, 0.4) is 0 Å². The minimum atomic E-state index is -0.726. The molecule has 0 spiro atoms. The molecule has 0 radical (unpaired) electrons. The van der Waals surface area contributed by atoms with Gasteiger partial charge in [-0.1, -0.05) is 47.5 Å². The molecular formula is C20H14ClN5O3. The third kappa shape index (κ3) is 3.92. The van der Waals surface area contributed by atoms with Crippen LogP contribution in [-0.2, 0) is 0 Å². The average Bonchev–Trinajstić information content (AvgIpc) is 3.17. The van der Waals surface area contributed by atoms with Crippen LogP contribution >= 0.6 is 11.6 Å². The first kappa shape index (κ1) is 18.6. The maximum absolute atomic E-state index is 12.7. The fourth-order valence-electron chi connectivity index (χ4n) is 2.67. The number of hydrogen-bond acceptors (Lipinski definition) is 6. The third-order valence-electron chi connectivity index (χ3n) is 4.14. The maximum atomic E-state index is 12.7. The molecule has 0 atom stereocenters. The van der Waals surface area contributed by atoms with Crippen LogP contribution in [0.4, 0.5) is 5.82 Å². The van der Waals surface area contributed by atoms with Crippen LogP contribution in [-0.4, -0.2) is 26.0 Å². The Balaban J connectivity index is 1.65. The van der Waals surface area contributed by atoms with Gasteiger partial charge in [-0.2, -0.15) is 5.10 Å². The highest BCUT2D eigenvalue weighted by Gasteiger charge is 2.19. The molecule has 1 amide bonds. The SMILES string of the molecule is Cc1ccc(-c2nonc2NC(=O)c2nn(-c3cccc(Cl)c3)ccc2=O)cc1. The summed E-state index contributed by atoms with van der Waals surface area (Å²) >= 11 is 6.00. The van der Waals surface area contributed by atoms with Gasteiger partial charge in [-0.3, -0.25) is 9.59 Å². The lowest BCUT2D eigenvalue weighted by Crippen LogP contribution is -2.25. The first-order chi connectivity index (χ1) is 14.0. The lowest BCUT2D eigenvalue weighted by molar-refractivity contribution is 0.101. The summed E-state index contributed by atoms with van der Waals surface area (Å²) in [4.78, 5) is 24.9. The van der Waals surface area contributed by atoms with E-state index >= 15 is 0 Å². The molecule has 0 aliphatic rings. The van der Waals surface area contributed by atoms with Crippen molar-refractivity contribution in [2.24, 2.45) is 0 Å². The Labute approximate surface area is 169 Å². The molecule has 4 aromatic rings. The monoisotopic (exact) mass is 407 g/mol. The highest BCUT2D eigenvalue weighted by molar-refractivity contribution is 6.30. The summed E-state index contributed by atoms with van der Waals surface area (Å²) in [5.74, 6) is -0.631. The number of amides is 1. The van der Waals surface area contributed by atoms with Crippen molar-refractivity contribution < 1.29 is 9.42 Å². The number of carbonyl (C=O) groups excluding carboxylic acids is 1. The molecule has 0 bridgehead atoms. The van der Waals surface area contributed by atoms with E-state index < -0.39 is 11.3 Å². The zero-order valence-electron chi connectivity index (χ0n) is 15.2. The smallest absolute Gasteiger partial charge is 0.281 e. The molecule has 2 aromatic heterocycles. The molecule has 9 heteroatoms. The number of rotatable bonds is 4. The average molecular weight is 408 g/mol. The summed E-state index contributed by atoms with van der Waals surface area (Å²) in [5, 5.41) is 14.8. The minimum Gasteiger partial charge on any atom is -0.300 e. The highest BCUT2D eigenvalue weighted by atomic mass is 35.5. The lowest BCUT2D eigenvalue weighted by Gasteiger charge is -2.08. The Morgan fingerprint density at radius 1 is 1.10 bits per heavy atom. The first-order valence-corrected chi connectivity index (χ1v) is 8.96. The van der Waals surface area contributed by atoms with E-state index in [-0.39, 0.29) is 11.5 Å². The lowest BCUT2D eigenvalue weighted by atomic mass is 10.1. The first-order valence-electron chi connectivity index (χ1n) is 8.58. The highest BCUT2D eigenvalue weighted by Crippen LogP contribution is 2.24. The van der Waals surface area contributed by atoms with Crippen LogP contribution in [0.2, 0.25) is 5.02 Å². The number of halogens is 1. The molecule has 0 aliphatic carbocycles. The summed E-state index contributed by atoms with van der Waals surface area (Å²) in [6.07, 6.45) is 1.46. The van der Waals surface area contributed by atoms with Crippen molar-refractivity contribution >= 4 is 23.3 Å². The number of aryl methyl sites for hydroxylation is 1. The summed E-state index contributed by atoms with van der Waals surface area (Å²) in [6.45, 7) is 1.96. The van der Waals surface area contributed by atoms with Crippen molar-refractivity contribution in [2.75, 3.05) is 5.32 Å². The second-order valence-electron chi connectivity index (χ2n) is 6.23. The molecule has 8 nitrogen and oxygen atoms in total. The molecule has 4 rings (SSSR count). The Hall–Kier alpha value is -3.78. The third-order valence-corrected chi connectivity index (χ3v) is 4.38. The summed E-state index contributed by atoms with van der Waals surface area (Å²) < 4.78 is 6.16. The van der Waals surface area contributed by atoms with Gasteiger partial charge in [-0.25, -0.2) is 9.31 Å². The number of anilines is 1. The standard InChI is InChI=1S/C20H14ClN5O3/c1-12-5-7-13(8-6-12)17-19(25-29-24-17)22-20(28)18-16(27)9-10-26(23-18)15-4-2-3-14(21)11-15/h2-11H,1H3,(H,22,25,28). The van der Waals surface area contributed by atoms with Gasteiger partial charge >= 0.3 is 0 Å². The molecule has 0 aliphatic heterocycles. The molecule has 0 saturated carbocycles. The van der Waals surface area contributed by atoms with Crippen LogP contribution in [0.15, 0.2) is 70.2 Å². The molecule has 144 valence electrons. The molecule has 29 heavy (non-hydrogen) atoms. The fraction of sp³-hybridized carbons (Fsp3) is 0.0500. The van der Waals surface area contributed by atoms with Crippen molar-refractivity contribution in [3.8, 4) is 16.9 Å². The second kappa shape index (κ2) is 7.69. The van der Waals surface area contributed by atoms with Gasteiger partial charge in [0.05, 0.1) is 5.69 Å². The summed E-state index contributed by atoms with van der Waals surface area (Å²) in [7, 11) is 0. The number of hydrogen-bond donors (Lipinski definition) is 1. The van der Waals surface area contributed by atoms with Crippen molar-refractivity contribution in [1.29, 1.82) is 0 Å². The van der Waals surface area contributed by atoms with E-state index in [1.54, 1.807) is 24.3 Å². The van der Waals surface area contributed by atoms with E-state index in [4.69, 9.17) is 16.2 Å². The van der Waals surface area contributed by atoms with Gasteiger partial charge in [0.25, 0.3) is 5.91 Å². The predicted octanol–water partition coefficient (Wildman–Crippen LogP) is 3.50. The number of nitrogens with zero attached hydrogens (tertiary/aromatic N) is 4. The normalized spacial score (nSPS) is 10.7. The molecular weight excluding hydrogens is 394 g/mol. The van der Waals surface area contributed by atoms with Gasteiger partial charge in [0, 0.05) is 22.8 Å². The number of carbonyl (C=O) groups is 1. The molecule has 0 unspecified atom stereocenters. The van der Waals surface area contributed by atoms with Crippen molar-refractivity contribution in [3.63, 3.8) is 0 Å². The van der Waals surface area contributed by atoms with E-state index in [1.807, 2.05) is 31.2 Å². The number of benzene rings is 2. The molecule has 1 N–H and O–H groups in total. The van der Waals surface area contributed by atoms with E-state index in [1.165, 1.54) is 16.9 Å². The number of aromatic nitrogens is 4. The van der Waals surface area contributed by atoms with Gasteiger partial charge in [0.1, 0.15) is 0 Å². The maximum Gasteiger partial charge on any atom is 0.281 e. The van der Waals surface area contributed by atoms with Crippen molar-refractivity contribution in [3.05, 3.63) is 87.3 Å². The van der Waals surface area contributed by atoms with Gasteiger partial charge in [0.15, 0.2) is 11.4 Å². The Morgan fingerprint density at radius 2 is 1.90 bits per heavy atom. The van der Waals surface area contributed by atoms with Crippen LogP contribution in [0.1, 0.15) is 16.1 Å². The number of nitrogens with one attached hydrogen (secondary N) is 1. The fourth-order valence-corrected chi connectivity index (χ4v) is 2.85. The van der Waals surface area contributed by atoms with Crippen molar-refractivity contribution in [1.82, 2.24) is 20.1 Å². The quantitative estimate of drug-likeness (QED) is 0.555. The van der Waals surface area contributed by atoms with Crippen LogP contribution in [0, 0.1) is 6.92 Å². The summed E-state index contributed by atoms with van der Waals surface area (Å²) in [6, 6.07) is 15.6. The van der Waals surface area contributed by atoms with E-state index in [0.717, 1.165) is 5.56 Å². The molecule has 0 saturated heterocycles. The van der Waals surface area contributed by atoms with Gasteiger partial charge in [-0.05, 0) is 35.4 Å². The van der Waals surface area contributed by atoms with E-state index in [0.29, 0.717) is 22.0 Å². The molecule has 0 fully saturated rings. The van der Waals surface area contributed by atoms with Crippen LogP contribution < -0.4 is 10.7 Å². The van der Waals surface area contributed by atoms with Gasteiger partial charge in [-0.15, -0.1) is 0 Å². The molecule has 2 heterocycles. The minimum absolute atomic E-state index is 0.0956. The van der Waals surface area contributed by atoms with E-state index in [2.05, 4.69) is 20.7 Å². The Morgan fingerprint density at radius 3 is 2.66 bits per heavy atom. The van der Waals surface area contributed by atoms with E-state index in [9.17, 15) is 9.59 Å². The van der Waals surface area contributed by atoms with Gasteiger partial charge in [0.2, 0.25) is 11.2 Å². The second-order valence-corrected chi connectivity index (χ2v) is 6.67. The van der Waals surface area contributed by atoms with Crippen LogP contribution in [0.25, 0.3) is 16.9 Å². The topological polar surface area (TPSA) is 103 Å². The molecule has 2 aromatic carbocycles. The van der Waals surface area contributed by atoms with Crippen LogP contribution in [0.5, 0.6) is 0 Å². The predicted molar refractivity (Wildman–Crippen MR) is 107 cm³/mol. The zero-order valence-corrected chi connectivity index (χ0v) is 15.9. The zero-order chi connectivity index (χ0) is 20.4.